The maximum Gasteiger partial charge on any atom is 0.0562 e. The molecule has 6 heterocycles. The van der Waals surface area contributed by atoms with Crippen molar-refractivity contribution in [3.05, 3.63) is 196 Å². The molecule has 0 unspecified atom stereocenters. The number of para-hydroxylation sites is 5. The van der Waals surface area contributed by atoms with Crippen molar-refractivity contribution in [2.75, 3.05) is 9.80 Å². The Morgan fingerprint density at radius 1 is 0.328 bits per heavy atom. The molecule has 8 aromatic carbocycles. The Labute approximate surface area is 378 Å². The molecule has 0 N–H and O–H groups in total. The molecule has 2 aromatic heterocycles. The van der Waals surface area contributed by atoms with E-state index in [1.165, 1.54) is 126 Å². The third kappa shape index (κ3) is 4.29. The minimum absolute atomic E-state index is 0.106. The number of aromatic nitrogens is 1. The SMILES string of the molecule is CC1(C)c2ccccc2N2c3cc4sc5cc6c7cc8c(cc7n(-c7ccccc7)c6cc5c4cc3C(C)(C)c3cccc1c32)N1c2ccccc2C(C)(C)c2cccc(c21)C8(C)C. The lowest BCUT2D eigenvalue weighted by Gasteiger charge is -2.49. The quantitative estimate of drug-likeness (QED) is 0.163. The number of rotatable bonds is 1. The van der Waals surface area contributed by atoms with Gasteiger partial charge in [0.2, 0.25) is 0 Å². The van der Waals surface area contributed by atoms with E-state index in [0.717, 1.165) is 0 Å². The molecule has 14 rings (SSSR count). The first-order chi connectivity index (χ1) is 30.8. The Morgan fingerprint density at radius 2 is 0.734 bits per heavy atom. The van der Waals surface area contributed by atoms with Gasteiger partial charge in [-0.15, -0.1) is 11.3 Å². The molecule has 0 spiro atoms. The van der Waals surface area contributed by atoms with Gasteiger partial charge in [-0.25, -0.2) is 0 Å². The zero-order valence-corrected chi connectivity index (χ0v) is 38.5. The third-order valence-electron chi connectivity index (χ3n) is 16.3. The van der Waals surface area contributed by atoms with Gasteiger partial charge in [0.25, 0.3) is 0 Å². The van der Waals surface area contributed by atoms with E-state index in [1.807, 2.05) is 11.3 Å². The summed E-state index contributed by atoms with van der Waals surface area (Å²) in [5, 5.41) is 5.25. The zero-order chi connectivity index (χ0) is 43.4. The van der Waals surface area contributed by atoms with Gasteiger partial charge in [0, 0.05) is 58.3 Å². The highest BCUT2D eigenvalue weighted by Crippen LogP contribution is 2.63. The largest absolute Gasteiger partial charge is 0.309 e. The topological polar surface area (TPSA) is 11.4 Å². The number of fused-ring (bicyclic) bond motifs is 14. The number of anilines is 6. The standard InChI is InChI=1S/C60H49N3S/c1-57(2)39-20-12-14-26-47(39)62-51-32-50-35(28-45(51)59(5,6)43-24-16-22-41(57)55(43)62)36-31-53-38(30-49(36)61(50)34-18-10-9-11-19-34)37-29-46-52(33-54(37)64-53)63-48-27-15-13-21-40(48)58(3,4)42-23-17-25-44(56(42)63)60(46,7)8/h9-33H,1-8H3. The molecule has 0 bridgehead atoms. The molecule has 310 valence electrons. The summed E-state index contributed by atoms with van der Waals surface area (Å²) in [5.74, 6) is 0. The van der Waals surface area contributed by atoms with Crippen molar-refractivity contribution in [3.8, 4) is 5.69 Å². The van der Waals surface area contributed by atoms with Crippen LogP contribution in [-0.2, 0) is 21.7 Å². The van der Waals surface area contributed by atoms with Gasteiger partial charge in [-0.05, 0) is 105 Å². The van der Waals surface area contributed by atoms with E-state index >= 15 is 0 Å². The number of benzene rings is 8. The highest BCUT2D eigenvalue weighted by Gasteiger charge is 2.47. The van der Waals surface area contributed by atoms with Crippen LogP contribution in [0, 0.1) is 0 Å². The molecule has 10 aromatic rings. The molecular formula is C60H49N3S. The fourth-order valence-electron chi connectivity index (χ4n) is 12.9. The van der Waals surface area contributed by atoms with Crippen molar-refractivity contribution in [2.24, 2.45) is 0 Å². The number of nitrogens with zero attached hydrogens (tertiary/aromatic N) is 3. The second-order valence-electron chi connectivity index (χ2n) is 21.0. The van der Waals surface area contributed by atoms with Crippen LogP contribution in [0.15, 0.2) is 152 Å². The molecule has 0 amide bonds. The van der Waals surface area contributed by atoms with Crippen molar-refractivity contribution < 1.29 is 0 Å². The number of thiophene rings is 1. The normalized spacial score (nSPS) is 17.5. The van der Waals surface area contributed by atoms with Gasteiger partial charge >= 0.3 is 0 Å². The summed E-state index contributed by atoms with van der Waals surface area (Å²) < 4.78 is 5.19. The second-order valence-corrected chi connectivity index (χ2v) is 22.1. The summed E-state index contributed by atoms with van der Waals surface area (Å²) in [6.07, 6.45) is 0. The molecule has 0 radical (unpaired) electrons. The summed E-state index contributed by atoms with van der Waals surface area (Å²) in [5.41, 5.74) is 21.9. The lowest BCUT2D eigenvalue weighted by Crippen LogP contribution is -2.38. The highest BCUT2D eigenvalue weighted by molar-refractivity contribution is 7.26. The first-order valence-corrected chi connectivity index (χ1v) is 23.8. The van der Waals surface area contributed by atoms with Gasteiger partial charge in [-0.2, -0.15) is 0 Å². The van der Waals surface area contributed by atoms with Crippen molar-refractivity contribution in [1.82, 2.24) is 4.57 Å². The predicted molar refractivity (Wildman–Crippen MR) is 272 cm³/mol. The molecular weight excluding hydrogens is 795 g/mol. The van der Waals surface area contributed by atoms with Crippen molar-refractivity contribution >= 4 is 87.4 Å². The van der Waals surface area contributed by atoms with E-state index < -0.39 is 0 Å². The van der Waals surface area contributed by atoms with E-state index in [0.29, 0.717) is 0 Å². The van der Waals surface area contributed by atoms with Crippen LogP contribution >= 0.6 is 11.3 Å². The molecule has 0 aliphatic carbocycles. The highest BCUT2D eigenvalue weighted by atomic mass is 32.1. The van der Waals surface area contributed by atoms with Gasteiger partial charge in [-0.1, -0.05) is 146 Å². The molecule has 4 aliphatic rings. The van der Waals surface area contributed by atoms with Crippen LogP contribution in [0.5, 0.6) is 0 Å². The molecule has 0 saturated heterocycles. The zero-order valence-electron chi connectivity index (χ0n) is 37.7. The van der Waals surface area contributed by atoms with Crippen LogP contribution < -0.4 is 9.80 Å². The summed E-state index contributed by atoms with van der Waals surface area (Å²) in [6.45, 7) is 19.3. The van der Waals surface area contributed by atoms with Gasteiger partial charge in [0.1, 0.15) is 0 Å². The molecule has 0 atom stereocenters. The molecule has 0 fully saturated rings. The van der Waals surface area contributed by atoms with Crippen molar-refractivity contribution in [3.63, 3.8) is 0 Å². The van der Waals surface area contributed by atoms with Gasteiger partial charge in [0.15, 0.2) is 0 Å². The maximum absolute atomic E-state index is 2.60. The van der Waals surface area contributed by atoms with E-state index in [1.54, 1.807) is 0 Å². The molecule has 4 heteroatoms. The van der Waals surface area contributed by atoms with Crippen LogP contribution in [0.1, 0.15) is 99.9 Å². The summed E-state index contributed by atoms with van der Waals surface area (Å²) in [7, 11) is 0. The van der Waals surface area contributed by atoms with Crippen LogP contribution in [0.2, 0.25) is 0 Å². The Hall–Kier alpha value is -6.62. The fourth-order valence-corrected chi connectivity index (χ4v) is 14.0. The van der Waals surface area contributed by atoms with Crippen LogP contribution in [0.4, 0.5) is 34.1 Å². The monoisotopic (exact) mass is 843 g/mol. The van der Waals surface area contributed by atoms with Gasteiger partial charge < -0.3 is 14.4 Å². The number of hydrogen-bond acceptors (Lipinski definition) is 3. The third-order valence-corrected chi connectivity index (χ3v) is 17.4. The molecule has 4 aliphatic heterocycles. The second kappa shape index (κ2) is 11.7. The Kier molecular flexibility index (Phi) is 6.75. The molecule has 3 nitrogen and oxygen atoms in total. The van der Waals surface area contributed by atoms with Crippen LogP contribution in [-0.4, -0.2) is 4.57 Å². The van der Waals surface area contributed by atoms with E-state index in [2.05, 4.69) is 221 Å². The summed E-state index contributed by atoms with van der Waals surface area (Å²) in [4.78, 5) is 5.19. The first kappa shape index (κ1) is 36.8. The fraction of sp³-hybridized carbons (Fsp3) is 0.200. The van der Waals surface area contributed by atoms with Crippen molar-refractivity contribution in [2.45, 2.75) is 77.0 Å². The summed E-state index contributed by atoms with van der Waals surface area (Å²) >= 11 is 1.94. The van der Waals surface area contributed by atoms with E-state index in [9.17, 15) is 0 Å². The predicted octanol–water partition coefficient (Wildman–Crippen LogP) is 16.6. The van der Waals surface area contributed by atoms with Gasteiger partial charge in [0.05, 0.1) is 45.2 Å². The number of hydrogen-bond donors (Lipinski definition) is 0. The van der Waals surface area contributed by atoms with E-state index in [-0.39, 0.29) is 21.7 Å². The minimum atomic E-state index is -0.220. The average Bonchev–Trinajstić information content (AvgIpc) is 3.80. The van der Waals surface area contributed by atoms with Gasteiger partial charge in [-0.3, -0.25) is 0 Å². The van der Waals surface area contributed by atoms with E-state index in [4.69, 9.17) is 0 Å². The molecule has 64 heavy (non-hydrogen) atoms. The minimum Gasteiger partial charge on any atom is -0.309 e. The Morgan fingerprint density at radius 3 is 1.30 bits per heavy atom. The summed E-state index contributed by atoms with van der Waals surface area (Å²) in [6, 6.07) is 58.4. The van der Waals surface area contributed by atoms with Crippen molar-refractivity contribution in [1.29, 1.82) is 0 Å². The van der Waals surface area contributed by atoms with Crippen LogP contribution in [0.3, 0.4) is 0 Å². The first-order valence-electron chi connectivity index (χ1n) is 22.9. The lowest BCUT2D eigenvalue weighted by atomic mass is 9.66. The van der Waals surface area contributed by atoms with Crippen LogP contribution in [0.25, 0.3) is 47.7 Å². The smallest absolute Gasteiger partial charge is 0.0562 e. The Balaban J connectivity index is 1.05. The average molecular weight is 844 g/mol. The maximum atomic E-state index is 2.60. The Bertz CT molecular complexity index is 3740. The lowest BCUT2D eigenvalue weighted by molar-refractivity contribution is 0.597. The molecule has 0 saturated carbocycles.